The van der Waals surface area contributed by atoms with E-state index in [2.05, 4.69) is 5.32 Å². The second kappa shape index (κ2) is 6.87. The fraction of sp³-hybridized carbons (Fsp3) is 0.429. The van der Waals surface area contributed by atoms with Gasteiger partial charge in [-0.05, 0) is 31.2 Å². The van der Waals surface area contributed by atoms with Crippen LogP contribution < -0.4 is 5.32 Å². The topological polar surface area (TPSA) is 49.4 Å². The molecule has 1 aliphatic rings. The summed E-state index contributed by atoms with van der Waals surface area (Å²) < 4.78 is 12.7. The standard InChI is InChI=1S/C12H13FN2O2.C2H6/c1-8-11(16)14-6-7-15(8)12(17)9-2-4-10(13)5-3-9;1-2/h2-5,8H,6-7H2,1H3,(H,14,16);1-2H3/t8-;/m1./s1. The van der Waals surface area contributed by atoms with Gasteiger partial charge < -0.3 is 10.2 Å². The van der Waals surface area contributed by atoms with Crippen LogP contribution in [-0.2, 0) is 4.79 Å². The van der Waals surface area contributed by atoms with Gasteiger partial charge in [-0.25, -0.2) is 4.39 Å². The van der Waals surface area contributed by atoms with Crippen LogP contribution in [-0.4, -0.2) is 35.8 Å². The number of piperazine rings is 1. The second-order valence-corrected chi connectivity index (χ2v) is 3.97. The zero-order valence-corrected chi connectivity index (χ0v) is 11.4. The van der Waals surface area contributed by atoms with Crippen molar-refractivity contribution in [2.45, 2.75) is 26.8 Å². The van der Waals surface area contributed by atoms with E-state index in [1.807, 2.05) is 13.8 Å². The third-order valence-corrected chi connectivity index (χ3v) is 2.85. The quantitative estimate of drug-likeness (QED) is 0.842. The summed E-state index contributed by atoms with van der Waals surface area (Å²) in [6.07, 6.45) is 0. The van der Waals surface area contributed by atoms with Crippen molar-refractivity contribution in [2.24, 2.45) is 0 Å². The Hall–Kier alpha value is -1.91. The van der Waals surface area contributed by atoms with E-state index in [4.69, 9.17) is 0 Å². The predicted octanol–water partition coefficient (Wildman–Crippen LogP) is 1.81. The van der Waals surface area contributed by atoms with Crippen LogP contribution in [0.1, 0.15) is 31.1 Å². The van der Waals surface area contributed by atoms with E-state index in [-0.39, 0.29) is 17.6 Å². The van der Waals surface area contributed by atoms with Crippen molar-refractivity contribution < 1.29 is 14.0 Å². The fourth-order valence-electron chi connectivity index (χ4n) is 1.82. The van der Waals surface area contributed by atoms with Gasteiger partial charge in [-0.1, -0.05) is 13.8 Å². The molecule has 5 heteroatoms. The van der Waals surface area contributed by atoms with Crippen molar-refractivity contribution in [3.05, 3.63) is 35.6 Å². The summed E-state index contributed by atoms with van der Waals surface area (Å²) in [6.45, 7) is 6.61. The molecule has 2 rings (SSSR count). The van der Waals surface area contributed by atoms with Crippen molar-refractivity contribution in [1.82, 2.24) is 10.2 Å². The molecule has 104 valence electrons. The summed E-state index contributed by atoms with van der Waals surface area (Å²) in [5.41, 5.74) is 0.396. The number of amides is 2. The molecule has 0 saturated carbocycles. The predicted molar refractivity (Wildman–Crippen MR) is 71.3 cm³/mol. The number of halogens is 1. The van der Waals surface area contributed by atoms with Gasteiger partial charge in [-0.2, -0.15) is 0 Å². The van der Waals surface area contributed by atoms with Crippen LogP contribution in [0.5, 0.6) is 0 Å². The molecule has 0 aliphatic carbocycles. The minimum absolute atomic E-state index is 0.160. The molecule has 0 radical (unpaired) electrons. The lowest BCUT2D eigenvalue weighted by Crippen LogP contribution is -2.55. The van der Waals surface area contributed by atoms with E-state index in [9.17, 15) is 14.0 Å². The SMILES string of the molecule is CC.C[C@@H]1C(=O)NCCN1C(=O)c1ccc(F)cc1. The number of carbonyl (C=O) groups is 2. The van der Waals surface area contributed by atoms with Gasteiger partial charge in [0.05, 0.1) is 0 Å². The Morgan fingerprint density at radius 1 is 1.32 bits per heavy atom. The highest BCUT2D eigenvalue weighted by atomic mass is 19.1. The van der Waals surface area contributed by atoms with Crippen molar-refractivity contribution >= 4 is 11.8 Å². The van der Waals surface area contributed by atoms with Crippen LogP contribution in [0.2, 0.25) is 0 Å². The highest BCUT2D eigenvalue weighted by Gasteiger charge is 2.29. The first kappa shape index (κ1) is 15.1. The fourth-order valence-corrected chi connectivity index (χ4v) is 1.82. The number of carbonyl (C=O) groups excluding carboxylic acids is 2. The highest BCUT2D eigenvalue weighted by Crippen LogP contribution is 2.11. The number of nitrogens with zero attached hydrogens (tertiary/aromatic N) is 1. The maximum atomic E-state index is 12.7. The van der Waals surface area contributed by atoms with Gasteiger partial charge in [-0.15, -0.1) is 0 Å². The highest BCUT2D eigenvalue weighted by molar-refractivity contribution is 5.98. The second-order valence-electron chi connectivity index (χ2n) is 3.97. The minimum atomic E-state index is -0.485. The van der Waals surface area contributed by atoms with Crippen molar-refractivity contribution in [3.63, 3.8) is 0 Å². The molecule has 1 N–H and O–H groups in total. The third kappa shape index (κ3) is 3.53. The van der Waals surface area contributed by atoms with Gasteiger partial charge in [0.15, 0.2) is 0 Å². The Morgan fingerprint density at radius 3 is 2.47 bits per heavy atom. The molecule has 1 atom stereocenters. The number of benzene rings is 1. The molecule has 19 heavy (non-hydrogen) atoms. The average Bonchev–Trinajstić information content (AvgIpc) is 2.44. The van der Waals surface area contributed by atoms with Crippen LogP contribution in [0.4, 0.5) is 4.39 Å². The van der Waals surface area contributed by atoms with E-state index in [1.165, 1.54) is 29.2 Å². The molecule has 1 fully saturated rings. The van der Waals surface area contributed by atoms with E-state index in [1.54, 1.807) is 6.92 Å². The molecule has 0 bridgehead atoms. The van der Waals surface area contributed by atoms with Crippen LogP contribution >= 0.6 is 0 Å². The van der Waals surface area contributed by atoms with Gasteiger partial charge in [-0.3, -0.25) is 9.59 Å². The zero-order chi connectivity index (χ0) is 14.4. The van der Waals surface area contributed by atoms with Crippen LogP contribution in [0.15, 0.2) is 24.3 Å². The van der Waals surface area contributed by atoms with Crippen LogP contribution in [0, 0.1) is 5.82 Å². The Balaban J connectivity index is 0.000000861. The number of rotatable bonds is 1. The first-order valence-electron chi connectivity index (χ1n) is 6.44. The first-order chi connectivity index (χ1) is 9.09. The summed E-state index contributed by atoms with van der Waals surface area (Å²) in [5.74, 6) is -0.787. The van der Waals surface area contributed by atoms with Gasteiger partial charge in [0.2, 0.25) is 5.91 Å². The van der Waals surface area contributed by atoms with E-state index < -0.39 is 6.04 Å². The van der Waals surface area contributed by atoms with Gasteiger partial charge >= 0.3 is 0 Å². The molecule has 1 heterocycles. The van der Waals surface area contributed by atoms with Crippen LogP contribution in [0.25, 0.3) is 0 Å². The zero-order valence-electron chi connectivity index (χ0n) is 11.4. The lowest BCUT2D eigenvalue weighted by atomic mass is 10.1. The molecule has 1 aromatic rings. The summed E-state index contributed by atoms with van der Waals surface area (Å²) >= 11 is 0. The van der Waals surface area contributed by atoms with Gasteiger partial charge in [0, 0.05) is 18.7 Å². The lowest BCUT2D eigenvalue weighted by molar-refractivity contribution is -0.127. The monoisotopic (exact) mass is 266 g/mol. The van der Waals surface area contributed by atoms with Crippen molar-refractivity contribution in [1.29, 1.82) is 0 Å². The largest absolute Gasteiger partial charge is 0.353 e. The van der Waals surface area contributed by atoms with Crippen molar-refractivity contribution in [3.8, 4) is 0 Å². The van der Waals surface area contributed by atoms with Crippen LogP contribution in [0.3, 0.4) is 0 Å². The molecule has 0 unspecified atom stereocenters. The summed E-state index contributed by atoms with van der Waals surface area (Å²) in [5, 5.41) is 2.68. The maximum absolute atomic E-state index is 12.7. The van der Waals surface area contributed by atoms with E-state index in [0.717, 1.165) is 0 Å². The molecule has 2 amide bonds. The molecule has 4 nitrogen and oxygen atoms in total. The molecular weight excluding hydrogens is 247 g/mol. The summed E-state index contributed by atoms with van der Waals surface area (Å²) in [6, 6.07) is 4.85. The first-order valence-corrected chi connectivity index (χ1v) is 6.44. The average molecular weight is 266 g/mol. The third-order valence-electron chi connectivity index (χ3n) is 2.85. The number of hydrogen-bond donors (Lipinski definition) is 1. The van der Waals surface area contributed by atoms with Gasteiger partial charge in [0.25, 0.3) is 5.91 Å². The lowest BCUT2D eigenvalue weighted by Gasteiger charge is -2.32. The Morgan fingerprint density at radius 2 is 1.89 bits per heavy atom. The van der Waals surface area contributed by atoms with Crippen molar-refractivity contribution in [2.75, 3.05) is 13.1 Å². The Kier molecular flexibility index (Phi) is 5.48. The Bertz CT molecular complexity index is 445. The minimum Gasteiger partial charge on any atom is -0.353 e. The van der Waals surface area contributed by atoms with Gasteiger partial charge in [0.1, 0.15) is 11.9 Å². The number of hydrogen-bond acceptors (Lipinski definition) is 2. The molecule has 0 aromatic heterocycles. The molecule has 1 saturated heterocycles. The Labute approximate surface area is 112 Å². The normalized spacial score (nSPS) is 18.2. The smallest absolute Gasteiger partial charge is 0.254 e. The molecular formula is C14H19FN2O2. The molecule has 0 spiro atoms. The number of nitrogens with one attached hydrogen (secondary N) is 1. The molecule has 1 aromatic carbocycles. The summed E-state index contributed by atoms with van der Waals surface area (Å²) in [7, 11) is 0. The van der Waals surface area contributed by atoms with E-state index in [0.29, 0.717) is 18.7 Å². The maximum Gasteiger partial charge on any atom is 0.254 e. The van der Waals surface area contributed by atoms with E-state index >= 15 is 0 Å². The molecule has 1 aliphatic heterocycles. The summed E-state index contributed by atoms with van der Waals surface area (Å²) in [4.78, 5) is 25.0.